The number of hydrogen-bond acceptors (Lipinski definition) is 2. The van der Waals surface area contributed by atoms with Crippen LogP contribution in [0.1, 0.15) is 46.0 Å². The number of fused-ring (bicyclic) bond motifs is 1. The number of nitrogens with zero attached hydrogens (tertiary/aromatic N) is 2. The van der Waals surface area contributed by atoms with E-state index in [-0.39, 0.29) is 17.6 Å². The average molecular weight is 472 g/mol. The number of benzene rings is 2. The van der Waals surface area contributed by atoms with Gasteiger partial charge in [0.25, 0.3) is 0 Å². The number of urea groups is 1. The molecule has 1 N–H and O–H groups in total. The predicted octanol–water partition coefficient (Wildman–Crippen LogP) is 5.72. The van der Waals surface area contributed by atoms with Crippen molar-refractivity contribution in [3.8, 4) is 0 Å². The van der Waals surface area contributed by atoms with Crippen molar-refractivity contribution in [2.75, 3.05) is 15.1 Å². The van der Waals surface area contributed by atoms with Crippen molar-refractivity contribution in [2.24, 2.45) is 5.92 Å². The van der Waals surface area contributed by atoms with Crippen LogP contribution in [0.2, 0.25) is 0 Å². The minimum Gasteiger partial charge on any atom is -0.351 e. The summed E-state index contributed by atoms with van der Waals surface area (Å²) in [5.41, 5.74) is 1.58. The van der Waals surface area contributed by atoms with E-state index in [4.69, 9.17) is 0 Å². The summed E-state index contributed by atoms with van der Waals surface area (Å²) < 4.78 is 15.2. The largest absolute Gasteiger partial charge is 0.351 e. The van der Waals surface area contributed by atoms with Gasteiger partial charge in [-0.2, -0.15) is 0 Å². The zero-order valence-electron chi connectivity index (χ0n) is 17.8. The molecule has 4 rings (SSSR count). The first kappa shape index (κ1) is 21.2. The van der Waals surface area contributed by atoms with Crippen molar-refractivity contribution in [1.29, 1.82) is 0 Å². The van der Waals surface area contributed by atoms with Crippen LogP contribution in [-0.2, 0) is 0 Å². The summed E-state index contributed by atoms with van der Waals surface area (Å²) in [7, 11) is 2.14. The Hall–Kier alpha value is -2.02. The quantitative estimate of drug-likeness (QED) is 0.580. The fourth-order valence-corrected chi connectivity index (χ4v) is 5.31. The van der Waals surface area contributed by atoms with E-state index in [0.717, 1.165) is 28.7 Å². The molecule has 7 heteroatoms. The lowest BCUT2D eigenvalue weighted by Gasteiger charge is -2.50. The van der Waals surface area contributed by atoms with E-state index in [2.05, 4.69) is 53.9 Å². The Labute approximate surface area is 187 Å². The summed E-state index contributed by atoms with van der Waals surface area (Å²) in [6, 6.07) is 12.5. The summed E-state index contributed by atoms with van der Waals surface area (Å²) in [6.45, 7) is 4.31. The van der Waals surface area contributed by atoms with Crippen molar-refractivity contribution >= 4 is 46.9 Å². The molecule has 0 radical (unpaired) electrons. The van der Waals surface area contributed by atoms with Crippen molar-refractivity contribution in [3.63, 3.8) is 0 Å². The van der Waals surface area contributed by atoms with Crippen LogP contribution in [0.25, 0.3) is 0 Å². The summed E-state index contributed by atoms with van der Waals surface area (Å²) in [5.74, 6) is -0.271. The monoisotopic (exact) mass is 471 g/mol. The second-order valence-electron chi connectivity index (χ2n) is 8.79. The molecule has 2 aromatic rings. The van der Waals surface area contributed by atoms with Gasteiger partial charge in [-0.15, -0.1) is 0 Å². The molecule has 1 aliphatic heterocycles. The predicted molar refractivity (Wildman–Crippen MR) is 128 cm³/mol. The van der Waals surface area contributed by atoms with Crippen molar-refractivity contribution in [2.45, 2.75) is 57.6 Å². The van der Waals surface area contributed by atoms with Crippen LogP contribution in [0.4, 0.5) is 26.2 Å². The van der Waals surface area contributed by atoms with Gasteiger partial charge >= 0.3 is 6.03 Å². The standard InChI is InChI=1S/C23H28BBrFN3O/c1-15(2)23(24)28(17-8-4-3-5-9-17)20-13-12-16(25)14-21(20)29(23)22(30)27-19-11-7-6-10-18(19)26/h6-7,10-15,17H,3-5,8-9,24H2,1-2H3,(H,27,30). The maximum Gasteiger partial charge on any atom is 0.327 e. The fraction of sp³-hybridized carbons (Fsp3) is 0.435. The van der Waals surface area contributed by atoms with Gasteiger partial charge in [-0.25, -0.2) is 9.18 Å². The number of halogens is 2. The maximum absolute atomic E-state index is 14.3. The van der Waals surface area contributed by atoms with Gasteiger partial charge in [0.2, 0.25) is 0 Å². The van der Waals surface area contributed by atoms with Gasteiger partial charge in [0.05, 0.1) is 22.6 Å². The third kappa shape index (κ3) is 3.51. The topological polar surface area (TPSA) is 35.6 Å². The number of hydrogen-bond donors (Lipinski definition) is 1. The van der Waals surface area contributed by atoms with E-state index in [0.29, 0.717) is 6.04 Å². The Morgan fingerprint density at radius 1 is 1.17 bits per heavy atom. The summed E-state index contributed by atoms with van der Waals surface area (Å²) in [4.78, 5) is 17.9. The molecule has 4 nitrogen and oxygen atoms in total. The molecule has 1 atom stereocenters. The number of nitrogens with one attached hydrogen (secondary N) is 1. The van der Waals surface area contributed by atoms with Crippen molar-refractivity contribution in [1.82, 2.24) is 0 Å². The molecule has 0 spiro atoms. The first-order chi connectivity index (χ1) is 14.3. The lowest BCUT2D eigenvalue weighted by Crippen LogP contribution is -2.66. The van der Waals surface area contributed by atoms with Gasteiger partial charge < -0.3 is 10.2 Å². The summed E-state index contributed by atoms with van der Waals surface area (Å²) in [5, 5.41) is 2.82. The first-order valence-corrected chi connectivity index (χ1v) is 11.6. The van der Waals surface area contributed by atoms with Crippen LogP contribution in [0.15, 0.2) is 46.9 Å². The Kier molecular flexibility index (Phi) is 5.84. The van der Waals surface area contributed by atoms with Crippen LogP contribution >= 0.6 is 15.9 Å². The molecule has 158 valence electrons. The molecule has 1 saturated carbocycles. The molecule has 0 bridgehead atoms. The summed E-state index contributed by atoms with van der Waals surface area (Å²) >= 11 is 3.57. The van der Waals surface area contributed by atoms with E-state index in [9.17, 15) is 9.18 Å². The molecule has 2 aromatic carbocycles. The molecule has 0 saturated heterocycles. The van der Waals surface area contributed by atoms with Gasteiger partial charge in [0, 0.05) is 10.5 Å². The normalized spacial score (nSPS) is 21.8. The minimum atomic E-state index is -0.555. The number of carbonyl (C=O) groups excluding carboxylic acids is 1. The van der Waals surface area contributed by atoms with Crippen LogP contribution in [0.3, 0.4) is 0 Å². The molecule has 1 aliphatic carbocycles. The molecular formula is C23H28BBrFN3O. The number of anilines is 3. The fourth-order valence-electron chi connectivity index (χ4n) is 4.97. The lowest BCUT2D eigenvalue weighted by atomic mass is 9.73. The van der Waals surface area contributed by atoms with Gasteiger partial charge in [0.15, 0.2) is 7.85 Å². The van der Waals surface area contributed by atoms with E-state index in [1.54, 1.807) is 18.2 Å². The highest BCUT2D eigenvalue weighted by molar-refractivity contribution is 9.10. The van der Waals surface area contributed by atoms with Crippen LogP contribution in [-0.4, -0.2) is 25.5 Å². The SMILES string of the molecule is BC1(C(C)C)N(C(=O)Nc2ccccc2F)c2cc(Br)ccc2N1C1CCCCC1. The lowest BCUT2D eigenvalue weighted by molar-refractivity contribution is 0.247. The zero-order chi connectivity index (χ0) is 21.5. The average Bonchev–Trinajstić information content (AvgIpc) is 2.99. The second kappa shape index (κ2) is 8.25. The third-order valence-corrected chi connectivity index (χ3v) is 7.22. The minimum absolute atomic E-state index is 0.164. The molecule has 0 aromatic heterocycles. The number of rotatable bonds is 3. The Bertz CT molecular complexity index is 950. The van der Waals surface area contributed by atoms with Gasteiger partial charge in [-0.3, -0.25) is 4.90 Å². The second-order valence-corrected chi connectivity index (χ2v) is 9.70. The van der Waals surface area contributed by atoms with Crippen LogP contribution in [0.5, 0.6) is 0 Å². The van der Waals surface area contributed by atoms with E-state index < -0.39 is 11.4 Å². The molecular weight excluding hydrogens is 444 g/mol. The van der Waals surface area contributed by atoms with E-state index in [1.807, 2.05) is 17.0 Å². The van der Waals surface area contributed by atoms with Gasteiger partial charge in [-0.05, 0) is 49.1 Å². The Morgan fingerprint density at radius 2 is 1.87 bits per heavy atom. The molecule has 1 unspecified atom stereocenters. The molecule has 1 heterocycles. The van der Waals surface area contributed by atoms with Crippen molar-refractivity contribution in [3.05, 3.63) is 52.8 Å². The van der Waals surface area contributed by atoms with E-state index >= 15 is 0 Å². The molecule has 2 aliphatic rings. The van der Waals surface area contributed by atoms with Crippen molar-refractivity contribution < 1.29 is 9.18 Å². The summed E-state index contributed by atoms with van der Waals surface area (Å²) in [6.07, 6.45) is 5.94. The number of para-hydroxylation sites is 1. The van der Waals surface area contributed by atoms with E-state index in [1.165, 1.54) is 25.3 Å². The maximum atomic E-state index is 14.3. The molecule has 1 fully saturated rings. The smallest absolute Gasteiger partial charge is 0.327 e. The molecule has 2 amide bonds. The highest BCUT2D eigenvalue weighted by atomic mass is 79.9. The van der Waals surface area contributed by atoms with Crippen LogP contribution in [0, 0.1) is 11.7 Å². The highest BCUT2D eigenvalue weighted by Gasteiger charge is 2.52. The number of carbonyl (C=O) groups is 1. The first-order valence-electron chi connectivity index (χ1n) is 10.8. The zero-order valence-corrected chi connectivity index (χ0v) is 19.4. The molecule has 30 heavy (non-hydrogen) atoms. The van der Waals surface area contributed by atoms with Gasteiger partial charge in [-0.1, -0.05) is 61.2 Å². The highest BCUT2D eigenvalue weighted by Crippen LogP contribution is 2.50. The third-order valence-electron chi connectivity index (χ3n) is 6.73. The number of amides is 2. The Morgan fingerprint density at radius 3 is 2.53 bits per heavy atom. The van der Waals surface area contributed by atoms with Crippen LogP contribution < -0.4 is 15.1 Å². The van der Waals surface area contributed by atoms with Gasteiger partial charge in [0.1, 0.15) is 5.82 Å². The Balaban J connectivity index is 1.80.